The van der Waals surface area contributed by atoms with Gasteiger partial charge in [0.1, 0.15) is 0 Å². The Morgan fingerprint density at radius 2 is 1.27 bits per heavy atom. The molecule has 0 aliphatic rings. The van der Waals surface area contributed by atoms with Crippen molar-refractivity contribution < 1.29 is 5.11 Å². The van der Waals surface area contributed by atoms with Crippen LogP contribution < -0.4 is 0 Å². The van der Waals surface area contributed by atoms with E-state index in [2.05, 4.69) is 39.6 Å². The predicted molar refractivity (Wildman–Crippen MR) is 92.5 cm³/mol. The highest BCUT2D eigenvalue weighted by molar-refractivity contribution is 7.14. The number of benzene rings is 1. The van der Waals surface area contributed by atoms with Gasteiger partial charge in [-0.2, -0.15) is 0 Å². The number of hydrogen-bond acceptors (Lipinski definition) is 2. The number of rotatable bonds is 3. The number of para-hydroxylation sites is 2. The molecule has 4 rings (SSSR count). The van der Waals surface area contributed by atoms with E-state index in [1.165, 1.54) is 0 Å². The van der Waals surface area contributed by atoms with Crippen molar-refractivity contribution >= 4 is 22.7 Å². The Morgan fingerprint density at radius 3 is 1.77 bits per heavy atom. The fourth-order valence-electron chi connectivity index (χ4n) is 2.57. The molecule has 22 heavy (non-hydrogen) atoms. The molecule has 4 aromatic rings. The standard InChI is InChI=1S/C18H12NOS2/c20-16-6-2-1-5-13(16)19-14(17-7-3-11-21-17)9-10-15(19)18-8-4-12-22-18/h1-12H. The van der Waals surface area contributed by atoms with Crippen LogP contribution in [0.2, 0.25) is 0 Å². The molecule has 0 aliphatic heterocycles. The normalized spacial score (nSPS) is 10.9. The van der Waals surface area contributed by atoms with E-state index in [0.29, 0.717) is 5.69 Å². The molecule has 0 saturated carbocycles. The summed E-state index contributed by atoms with van der Waals surface area (Å²) in [6.07, 6.45) is 0. The maximum absolute atomic E-state index is 12.3. The van der Waals surface area contributed by atoms with Gasteiger partial charge in [-0.25, -0.2) is 0 Å². The Hall–Kier alpha value is -2.30. The van der Waals surface area contributed by atoms with Crippen LogP contribution in [0.25, 0.3) is 26.8 Å². The summed E-state index contributed by atoms with van der Waals surface area (Å²) in [6.45, 7) is 0. The first-order chi connectivity index (χ1) is 10.8. The summed E-state index contributed by atoms with van der Waals surface area (Å²) in [5.74, 6) is 0.0364. The molecule has 1 radical (unpaired) electrons. The second-order valence-electron chi connectivity index (χ2n) is 4.86. The van der Waals surface area contributed by atoms with Crippen LogP contribution in [0, 0.1) is 0 Å². The maximum Gasteiger partial charge on any atom is 0.202 e. The zero-order valence-electron chi connectivity index (χ0n) is 11.6. The zero-order valence-corrected chi connectivity index (χ0v) is 13.2. The number of nitrogens with zero attached hydrogens (tertiary/aromatic N) is 1. The van der Waals surface area contributed by atoms with Crippen LogP contribution in [0.3, 0.4) is 0 Å². The average Bonchev–Trinajstić information content (AvgIpc) is 3.27. The number of hydrogen-bond donors (Lipinski definition) is 0. The molecule has 0 amide bonds. The van der Waals surface area contributed by atoms with E-state index in [0.717, 1.165) is 21.1 Å². The molecule has 3 heterocycles. The molecule has 1 aromatic carbocycles. The van der Waals surface area contributed by atoms with Gasteiger partial charge in [0.25, 0.3) is 0 Å². The molecule has 0 saturated heterocycles. The van der Waals surface area contributed by atoms with Gasteiger partial charge in [0, 0.05) is 0 Å². The Bertz CT molecular complexity index is 837. The minimum Gasteiger partial charge on any atom is -0.304 e. The minimum atomic E-state index is 0.0364. The molecule has 0 N–H and O–H groups in total. The second-order valence-corrected chi connectivity index (χ2v) is 6.76. The van der Waals surface area contributed by atoms with E-state index >= 15 is 0 Å². The lowest BCUT2D eigenvalue weighted by molar-refractivity contribution is 0.353. The first kappa shape index (κ1) is 13.4. The van der Waals surface area contributed by atoms with Gasteiger partial charge in [-0.1, -0.05) is 24.3 Å². The van der Waals surface area contributed by atoms with Crippen LogP contribution in [0.1, 0.15) is 0 Å². The third-order valence-electron chi connectivity index (χ3n) is 3.53. The van der Waals surface area contributed by atoms with Crippen LogP contribution in [0.4, 0.5) is 0 Å². The molecule has 0 unspecified atom stereocenters. The van der Waals surface area contributed by atoms with Crippen LogP contribution in [-0.2, 0) is 5.11 Å². The van der Waals surface area contributed by atoms with Crippen LogP contribution in [0.5, 0.6) is 5.75 Å². The van der Waals surface area contributed by atoms with Crippen LogP contribution in [0.15, 0.2) is 71.4 Å². The van der Waals surface area contributed by atoms with E-state index < -0.39 is 0 Å². The van der Waals surface area contributed by atoms with Crippen molar-refractivity contribution in [2.24, 2.45) is 0 Å². The number of aromatic nitrogens is 1. The Morgan fingerprint density at radius 1 is 0.682 bits per heavy atom. The second kappa shape index (κ2) is 5.48. The van der Waals surface area contributed by atoms with Crippen LogP contribution >= 0.6 is 22.7 Å². The zero-order chi connectivity index (χ0) is 14.9. The summed E-state index contributed by atoms with van der Waals surface area (Å²) in [7, 11) is 0. The molecule has 0 bridgehead atoms. The average molecular weight is 322 g/mol. The first-order valence-corrected chi connectivity index (χ1v) is 8.66. The van der Waals surface area contributed by atoms with E-state index in [1.807, 2.05) is 24.3 Å². The molecule has 0 fully saturated rings. The molecule has 107 valence electrons. The van der Waals surface area contributed by atoms with Crippen LogP contribution in [-0.4, -0.2) is 4.57 Å². The predicted octanol–water partition coefficient (Wildman–Crippen LogP) is 6.08. The van der Waals surface area contributed by atoms with E-state index in [1.54, 1.807) is 34.8 Å². The van der Waals surface area contributed by atoms with Crippen molar-refractivity contribution in [3.63, 3.8) is 0 Å². The third-order valence-corrected chi connectivity index (χ3v) is 5.32. The number of thiophene rings is 2. The summed E-state index contributed by atoms with van der Waals surface area (Å²) in [5, 5.41) is 16.5. The molecule has 4 heteroatoms. The van der Waals surface area contributed by atoms with Gasteiger partial charge in [0.2, 0.25) is 5.75 Å². The van der Waals surface area contributed by atoms with Gasteiger partial charge >= 0.3 is 0 Å². The Labute approximate surface area is 136 Å². The van der Waals surface area contributed by atoms with Crippen molar-refractivity contribution in [2.75, 3.05) is 0 Å². The highest BCUT2D eigenvalue weighted by Crippen LogP contribution is 2.38. The molecule has 3 aromatic heterocycles. The highest BCUT2D eigenvalue weighted by Gasteiger charge is 2.17. The lowest BCUT2D eigenvalue weighted by atomic mass is 10.2. The molecular weight excluding hydrogens is 310 g/mol. The van der Waals surface area contributed by atoms with Crippen molar-refractivity contribution in [1.29, 1.82) is 0 Å². The minimum absolute atomic E-state index is 0.0364. The fraction of sp³-hybridized carbons (Fsp3) is 0. The fourth-order valence-corrected chi connectivity index (χ4v) is 4.05. The van der Waals surface area contributed by atoms with Crippen molar-refractivity contribution in [3.05, 3.63) is 71.4 Å². The van der Waals surface area contributed by atoms with Crippen molar-refractivity contribution in [1.82, 2.24) is 4.57 Å². The van der Waals surface area contributed by atoms with E-state index in [4.69, 9.17) is 0 Å². The monoisotopic (exact) mass is 322 g/mol. The Kier molecular flexibility index (Phi) is 3.33. The van der Waals surface area contributed by atoms with E-state index in [9.17, 15) is 5.11 Å². The van der Waals surface area contributed by atoms with Gasteiger partial charge in [-0.15, -0.1) is 22.7 Å². The molecular formula is C18H12NOS2. The highest BCUT2D eigenvalue weighted by atomic mass is 32.1. The maximum atomic E-state index is 12.3. The smallest absolute Gasteiger partial charge is 0.202 e. The molecule has 0 spiro atoms. The first-order valence-electron chi connectivity index (χ1n) is 6.90. The lowest BCUT2D eigenvalue weighted by Gasteiger charge is -2.12. The summed E-state index contributed by atoms with van der Waals surface area (Å²) < 4.78 is 2.07. The summed E-state index contributed by atoms with van der Waals surface area (Å²) in [6, 6.07) is 19.6. The van der Waals surface area contributed by atoms with Gasteiger partial charge in [-0.3, -0.25) is 5.11 Å². The van der Waals surface area contributed by atoms with Gasteiger partial charge in [0.05, 0.1) is 26.8 Å². The summed E-state index contributed by atoms with van der Waals surface area (Å²) >= 11 is 3.36. The van der Waals surface area contributed by atoms with Gasteiger partial charge in [-0.05, 0) is 47.2 Å². The SMILES string of the molecule is [O]c1ccccc1-n1c(-c2cccs2)ccc1-c1cccs1. The summed E-state index contributed by atoms with van der Waals surface area (Å²) in [4.78, 5) is 2.32. The largest absolute Gasteiger partial charge is 0.304 e. The Balaban J connectivity index is 2.01. The van der Waals surface area contributed by atoms with Gasteiger partial charge < -0.3 is 4.57 Å². The molecule has 0 atom stereocenters. The van der Waals surface area contributed by atoms with Crippen molar-refractivity contribution in [3.8, 4) is 32.6 Å². The third kappa shape index (κ3) is 2.17. The quantitative estimate of drug-likeness (QED) is 0.437. The summed E-state index contributed by atoms with van der Waals surface area (Å²) in [5.41, 5.74) is 2.81. The lowest BCUT2D eigenvalue weighted by Crippen LogP contribution is -1.98. The van der Waals surface area contributed by atoms with E-state index in [-0.39, 0.29) is 5.75 Å². The molecule has 2 nitrogen and oxygen atoms in total. The topological polar surface area (TPSA) is 24.8 Å². The molecule has 0 aliphatic carbocycles. The van der Waals surface area contributed by atoms with Gasteiger partial charge in [0.15, 0.2) is 0 Å². The van der Waals surface area contributed by atoms with Crippen molar-refractivity contribution in [2.45, 2.75) is 0 Å².